The summed E-state index contributed by atoms with van der Waals surface area (Å²) in [6.07, 6.45) is -0.334. The monoisotopic (exact) mass is 430 g/mol. The summed E-state index contributed by atoms with van der Waals surface area (Å²) in [4.78, 5) is 40.1. The highest BCUT2D eigenvalue weighted by Crippen LogP contribution is 2.47. The number of amides is 4. The van der Waals surface area contributed by atoms with Gasteiger partial charge in [0.2, 0.25) is 11.8 Å². The van der Waals surface area contributed by atoms with Crippen molar-refractivity contribution in [1.82, 2.24) is 10.6 Å². The van der Waals surface area contributed by atoms with Gasteiger partial charge in [-0.25, -0.2) is 4.79 Å². The minimum Gasteiger partial charge on any atom is -0.372 e. The number of rotatable bonds is 1. The van der Waals surface area contributed by atoms with Gasteiger partial charge in [-0.05, 0) is 55.2 Å². The zero-order valence-electron chi connectivity index (χ0n) is 17.7. The smallest absolute Gasteiger partial charge is 0.328 e. The quantitative estimate of drug-likeness (QED) is 0.671. The Labute approximate surface area is 185 Å². The molecule has 2 saturated heterocycles. The van der Waals surface area contributed by atoms with E-state index in [4.69, 9.17) is 10.00 Å². The van der Waals surface area contributed by atoms with Crippen LogP contribution in [0, 0.1) is 16.7 Å². The number of nitrogens with zero attached hydrogens (tertiary/aromatic N) is 2. The van der Waals surface area contributed by atoms with E-state index in [9.17, 15) is 14.4 Å². The molecule has 0 aliphatic carbocycles. The molecule has 2 aromatic carbocycles. The summed E-state index contributed by atoms with van der Waals surface area (Å²) >= 11 is 0. The fourth-order valence-corrected chi connectivity index (χ4v) is 5.34. The van der Waals surface area contributed by atoms with E-state index >= 15 is 0 Å². The highest BCUT2D eigenvalue weighted by molar-refractivity contribution is 6.20. The van der Waals surface area contributed by atoms with Crippen molar-refractivity contribution in [2.75, 3.05) is 11.4 Å². The summed E-state index contributed by atoms with van der Waals surface area (Å²) in [5, 5.41) is 13.7. The largest absolute Gasteiger partial charge is 0.372 e. The predicted molar refractivity (Wildman–Crippen MR) is 116 cm³/mol. The number of nitriles is 1. The Kier molecular flexibility index (Phi) is 4.53. The van der Waals surface area contributed by atoms with Gasteiger partial charge in [-0.3, -0.25) is 20.2 Å². The van der Waals surface area contributed by atoms with Crippen molar-refractivity contribution in [2.24, 2.45) is 5.41 Å². The lowest BCUT2D eigenvalue weighted by atomic mass is 9.66. The van der Waals surface area contributed by atoms with Crippen LogP contribution >= 0.6 is 0 Å². The lowest BCUT2D eigenvalue weighted by Crippen LogP contribution is -2.75. The molecule has 0 bridgehead atoms. The van der Waals surface area contributed by atoms with Gasteiger partial charge in [0.05, 0.1) is 29.9 Å². The fraction of sp³-hybridized carbons (Fsp3) is 0.333. The van der Waals surface area contributed by atoms with Crippen LogP contribution in [0.2, 0.25) is 0 Å². The Morgan fingerprint density at radius 2 is 1.69 bits per heavy atom. The van der Waals surface area contributed by atoms with Crippen LogP contribution in [-0.2, 0) is 20.7 Å². The van der Waals surface area contributed by atoms with Crippen molar-refractivity contribution in [3.8, 4) is 17.2 Å². The summed E-state index contributed by atoms with van der Waals surface area (Å²) in [5.41, 5.74) is 2.88. The Morgan fingerprint density at radius 3 is 2.34 bits per heavy atom. The summed E-state index contributed by atoms with van der Waals surface area (Å²) in [6.45, 7) is 4.33. The van der Waals surface area contributed by atoms with E-state index in [0.29, 0.717) is 12.1 Å². The minimum atomic E-state index is -1.46. The fourth-order valence-electron chi connectivity index (χ4n) is 5.34. The van der Waals surface area contributed by atoms with Gasteiger partial charge in [0.15, 0.2) is 5.41 Å². The molecule has 4 amide bonds. The van der Waals surface area contributed by atoms with Crippen molar-refractivity contribution in [3.05, 3.63) is 53.6 Å². The Hall–Kier alpha value is -3.70. The van der Waals surface area contributed by atoms with E-state index in [1.807, 2.05) is 38.1 Å². The van der Waals surface area contributed by atoms with Gasteiger partial charge >= 0.3 is 6.03 Å². The number of morpholine rings is 1. The van der Waals surface area contributed by atoms with Crippen LogP contribution in [0.15, 0.2) is 42.5 Å². The number of ether oxygens (including phenoxy) is 1. The molecule has 162 valence electrons. The first-order chi connectivity index (χ1) is 15.3. The summed E-state index contributed by atoms with van der Waals surface area (Å²) in [5.74, 6) is -1.18. The molecule has 0 saturated carbocycles. The molecule has 3 heterocycles. The molecule has 3 aliphatic heterocycles. The number of hydrogen-bond acceptors (Lipinski definition) is 6. The first-order valence-corrected chi connectivity index (χ1v) is 10.6. The van der Waals surface area contributed by atoms with E-state index in [-0.39, 0.29) is 12.5 Å². The number of carbonyl (C=O) groups is 3. The van der Waals surface area contributed by atoms with E-state index < -0.39 is 35.4 Å². The second kappa shape index (κ2) is 7.18. The highest BCUT2D eigenvalue weighted by atomic mass is 16.5. The maximum atomic E-state index is 13.1. The normalized spacial score (nSPS) is 26.0. The molecular formula is C24H22N4O4. The van der Waals surface area contributed by atoms with Crippen molar-refractivity contribution in [3.63, 3.8) is 0 Å². The Bertz CT molecular complexity index is 1160. The lowest BCUT2D eigenvalue weighted by Gasteiger charge is -2.55. The zero-order chi connectivity index (χ0) is 22.6. The maximum Gasteiger partial charge on any atom is 0.328 e. The first kappa shape index (κ1) is 20.2. The Morgan fingerprint density at radius 1 is 1.03 bits per heavy atom. The van der Waals surface area contributed by atoms with Crippen LogP contribution in [0.3, 0.4) is 0 Å². The molecule has 5 rings (SSSR count). The standard InChI is InChI=1S/C24H22N4O4/c1-13-12-28-19-9-17(16-5-3-15(11-25)4-6-16)7-8-18(19)10-24(20(28)14(2)32-13)21(29)26-23(31)27-22(24)30/h3-9,13-14,20H,10,12H2,1-2H3,(H2,26,27,29,30,31)/t13-,14+,20-/m1/s1. The summed E-state index contributed by atoms with van der Waals surface area (Å²) in [7, 11) is 0. The minimum absolute atomic E-state index is 0.0980. The molecule has 32 heavy (non-hydrogen) atoms. The average molecular weight is 430 g/mol. The number of carbonyl (C=O) groups excluding carboxylic acids is 3. The van der Waals surface area contributed by atoms with E-state index in [1.54, 1.807) is 12.1 Å². The van der Waals surface area contributed by atoms with Gasteiger partial charge in [-0.1, -0.05) is 24.3 Å². The van der Waals surface area contributed by atoms with E-state index in [0.717, 1.165) is 22.4 Å². The zero-order valence-corrected chi connectivity index (χ0v) is 17.7. The number of imide groups is 2. The van der Waals surface area contributed by atoms with Gasteiger partial charge < -0.3 is 9.64 Å². The summed E-state index contributed by atoms with van der Waals surface area (Å²) < 4.78 is 6.04. The molecular weight excluding hydrogens is 408 g/mol. The highest BCUT2D eigenvalue weighted by Gasteiger charge is 2.62. The van der Waals surface area contributed by atoms with Gasteiger partial charge in [0.1, 0.15) is 0 Å². The average Bonchev–Trinajstić information content (AvgIpc) is 2.77. The van der Waals surface area contributed by atoms with Crippen LogP contribution < -0.4 is 15.5 Å². The SMILES string of the molecule is C[C@@H]1CN2c3cc(-c4ccc(C#N)cc4)ccc3CC3(C(=O)NC(=O)NC3=O)[C@H]2[C@H](C)O1. The number of anilines is 1. The number of fused-ring (bicyclic) bond motifs is 4. The molecule has 3 aliphatic rings. The molecule has 0 aromatic heterocycles. The third kappa shape index (κ3) is 2.89. The molecule has 2 N–H and O–H groups in total. The molecule has 0 unspecified atom stereocenters. The van der Waals surface area contributed by atoms with Crippen LogP contribution in [0.1, 0.15) is 25.0 Å². The third-order valence-corrected chi connectivity index (χ3v) is 6.66. The van der Waals surface area contributed by atoms with Gasteiger partial charge in [0.25, 0.3) is 0 Å². The topological polar surface area (TPSA) is 112 Å². The van der Waals surface area contributed by atoms with Gasteiger partial charge in [-0.2, -0.15) is 5.26 Å². The maximum absolute atomic E-state index is 13.1. The lowest BCUT2D eigenvalue weighted by molar-refractivity contribution is -0.153. The number of barbiturate groups is 1. The molecule has 2 aromatic rings. The van der Waals surface area contributed by atoms with Crippen molar-refractivity contribution in [2.45, 2.75) is 38.5 Å². The van der Waals surface area contributed by atoms with Crippen LogP contribution in [-0.4, -0.2) is 42.6 Å². The first-order valence-electron chi connectivity index (χ1n) is 10.6. The number of benzene rings is 2. The third-order valence-electron chi connectivity index (χ3n) is 6.66. The Balaban J connectivity index is 1.64. The number of urea groups is 1. The van der Waals surface area contributed by atoms with Crippen LogP contribution in [0.4, 0.5) is 10.5 Å². The van der Waals surface area contributed by atoms with Gasteiger partial charge in [0, 0.05) is 12.2 Å². The van der Waals surface area contributed by atoms with Crippen LogP contribution in [0.5, 0.6) is 0 Å². The van der Waals surface area contributed by atoms with Crippen molar-refractivity contribution in [1.29, 1.82) is 5.26 Å². The predicted octanol–water partition coefficient (Wildman–Crippen LogP) is 2.12. The van der Waals surface area contributed by atoms with Crippen molar-refractivity contribution < 1.29 is 19.1 Å². The molecule has 3 atom stereocenters. The van der Waals surface area contributed by atoms with Crippen molar-refractivity contribution >= 4 is 23.5 Å². The molecule has 8 nitrogen and oxygen atoms in total. The molecule has 8 heteroatoms. The molecule has 0 radical (unpaired) electrons. The second-order valence-electron chi connectivity index (χ2n) is 8.67. The molecule has 2 fully saturated rings. The number of nitrogens with one attached hydrogen (secondary N) is 2. The van der Waals surface area contributed by atoms with E-state index in [2.05, 4.69) is 27.7 Å². The van der Waals surface area contributed by atoms with Crippen LogP contribution in [0.25, 0.3) is 11.1 Å². The number of hydrogen-bond donors (Lipinski definition) is 2. The second-order valence-corrected chi connectivity index (χ2v) is 8.67. The molecule has 1 spiro atoms. The van der Waals surface area contributed by atoms with E-state index in [1.165, 1.54) is 0 Å². The summed E-state index contributed by atoms with van der Waals surface area (Å²) in [6, 6.07) is 14.1. The van der Waals surface area contributed by atoms with Gasteiger partial charge in [-0.15, -0.1) is 0 Å².